The predicted octanol–water partition coefficient (Wildman–Crippen LogP) is 3.85. The number of amides is 1. The van der Waals surface area contributed by atoms with Crippen molar-refractivity contribution in [2.75, 3.05) is 10.6 Å². The molecular weight excluding hydrogens is 292 g/mol. The Morgan fingerprint density at radius 1 is 0.913 bits per heavy atom. The van der Waals surface area contributed by atoms with Gasteiger partial charge in [0.1, 0.15) is 0 Å². The van der Waals surface area contributed by atoms with Gasteiger partial charge in [0.25, 0.3) is 5.91 Å². The molecule has 0 aromatic heterocycles. The second-order valence-electron chi connectivity index (χ2n) is 6.26. The third-order valence-corrected chi connectivity index (χ3v) is 3.04. The molecule has 0 aliphatic rings. The summed E-state index contributed by atoms with van der Waals surface area (Å²) in [6.07, 6.45) is 0. The van der Waals surface area contributed by atoms with Gasteiger partial charge in [-0.25, -0.2) is 4.79 Å². The van der Waals surface area contributed by atoms with Crippen molar-refractivity contribution in [3.05, 3.63) is 59.7 Å². The topological polar surface area (TPSA) is 78.4 Å². The fourth-order valence-corrected chi connectivity index (χ4v) is 2.17. The van der Waals surface area contributed by atoms with Crippen molar-refractivity contribution in [1.29, 1.82) is 0 Å². The first-order chi connectivity index (χ1) is 10.8. The molecular formula is C18H20N2O3. The van der Waals surface area contributed by atoms with Crippen LogP contribution in [-0.4, -0.2) is 22.5 Å². The molecule has 0 heterocycles. The average Bonchev–Trinajstić information content (AvgIpc) is 2.45. The first kappa shape index (κ1) is 16.5. The van der Waals surface area contributed by atoms with Crippen molar-refractivity contribution in [3.63, 3.8) is 0 Å². The number of hydrogen-bond acceptors (Lipinski definition) is 3. The monoisotopic (exact) mass is 312 g/mol. The Labute approximate surface area is 135 Å². The molecule has 120 valence electrons. The molecule has 0 aliphatic carbocycles. The van der Waals surface area contributed by atoms with Crippen molar-refractivity contribution in [3.8, 4) is 0 Å². The van der Waals surface area contributed by atoms with Crippen molar-refractivity contribution in [2.24, 2.45) is 0 Å². The number of nitrogens with one attached hydrogen (secondary N) is 2. The molecule has 2 aromatic carbocycles. The highest BCUT2D eigenvalue weighted by Gasteiger charge is 2.16. The fraction of sp³-hybridized carbons (Fsp3) is 0.222. The van der Waals surface area contributed by atoms with Crippen LogP contribution in [0, 0.1) is 0 Å². The Morgan fingerprint density at radius 2 is 1.52 bits per heavy atom. The Balaban J connectivity index is 2.21. The number of carboxylic acids is 1. The number of carboxylic acid groups (broad SMARTS) is 1. The smallest absolute Gasteiger partial charge is 0.336 e. The van der Waals surface area contributed by atoms with Crippen molar-refractivity contribution >= 4 is 23.3 Å². The van der Waals surface area contributed by atoms with Crippen LogP contribution in [0.5, 0.6) is 0 Å². The van der Waals surface area contributed by atoms with Crippen LogP contribution >= 0.6 is 0 Å². The van der Waals surface area contributed by atoms with E-state index >= 15 is 0 Å². The molecule has 0 saturated heterocycles. The number of carbonyl (C=O) groups is 2. The molecule has 3 N–H and O–H groups in total. The van der Waals surface area contributed by atoms with E-state index in [1.807, 2.05) is 39.0 Å². The van der Waals surface area contributed by atoms with E-state index in [-0.39, 0.29) is 16.7 Å². The first-order valence-electron chi connectivity index (χ1n) is 7.28. The third kappa shape index (κ3) is 4.57. The van der Waals surface area contributed by atoms with E-state index in [1.165, 1.54) is 12.1 Å². The molecule has 5 nitrogen and oxygen atoms in total. The lowest BCUT2D eigenvalue weighted by Crippen LogP contribution is -2.26. The molecule has 0 unspecified atom stereocenters. The SMILES string of the molecule is CC(C)(C)Nc1cccc(NC(=O)c2ccccc2C(=O)O)c1. The Hall–Kier alpha value is -2.82. The number of carbonyl (C=O) groups excluding carboxylic acids is 1. The minimum Gasteiger partial charge on any atom is -0.478 e. The molecule has 0 saturated carbocycles. The summed E-state index contributed by atoms with van der Waals surface area (Å²) in [5, 5.41) is 15.2. The average molecular weight is 312 g/mol. The maximum absolute atomic E-state index is 12.3. The Morgan fingerprint density at radius 3 is 2.13 bits per heavy atom. The van der Waals surface area contributed by atoms with E-state index in [2.05, 4.69) is 10.6 Å². The second-order valence-corrected chi connectivity index (χ2v) is 6.26. The van der Waals surface area contributed by atoms with Crippen LogP contribution in [0.4, 0.5) is 11.4 Å². The first-order valence-corrected chi connectivity index (χ1v) is 7.28. The van der Waals surface area contributed by atoms with Gasteiger partial charge in [0.05, 0.1) is 11.1 Å². The van der Waals surface area contributed by atoms with Crippen LogP contribution in [0.25, 0.3) is 0 Å². The summed E-state index contributed by atoms with van der Waals surface area (Å²) in [6.45, 7) is 6.13. The molecule has 23 heavy (non-hydrogen) atoms. The summed E-state index contributed by atoms with van der Waals surface area (Å²) in [5.74, 6) is -1.57. The fourth-order valence-electron chi connectivity index (χ4n) is 2.17. The maximum Gasteiger partial charge on any atom is 0.336 e. The molecule has 0 fully saturated rings. The highest BCUT2D eigenvalue weighted by Crippen LogP contribution is 2.20. The molecule has 0 radical (unpaired) electrons. The van der Waals surface area contributed by atoms with E-state index in [4.69, 9.17) is 5.11 Å². The summed E-state index contributed by atoms with van der Waals surface area (Å²) in [7, 11) is 0. The van der Waals surface area contributed by atoms with Gasteiger partial charge in [0, 0.05) is 16.9 Å². The van der Waals surface area contributed by atoms with Gasteiger partial charge in [-0.3, -0.25) is 4.79 Å². The maximum atomic E-state index is 12.3. The molecule has 0 spiro atoms. The van der Waals surface area contributed by atoms with Crippen LogP contribution in [0.3, 0.4) is 0 Å². The zero-order valence-electron chi connectivity index (χ0n) is 13.4. The summed E-state index contributed by atoms with van der Waals surface area (Å²) >= 11 is 0. The number of rotatable bonds is 4. The number of benzene rings is 2. The highest BCUT2D eigenvalue weighted by atomic mass is 16.4. The van der Waals surface area contributed by atoms with Crippen LogP contribution in [0.2, 0.25) is 0 Å². The zero-order chi connectivity index (χ0) is 17.0. The van der Waals surface area contributed by atoms with Gasteiger partial charge in [-0.05, 0) is 51.1 Å². The molecule has 2 aromatic rings. The summed E-state index contributed by atoms with van der Waals surface area (Å²) < 4.78 is 0. The lowest BCUT2D eigenvalue weighted by atomic mass is 10.1. The minimum absolute atomic E-state index is 0.0195. The molecule has 1 amide bonds. The Bertz CT molecular complexity index is 733. The normalized spacial score (nSPS) is 10.9. The van der Waals surface area contributed by atoms with Crippen LogP contribution in [0.1, 0.15) is 41.5 Å². The molecule has 2 rings (SSSR count). The van der Waals surface area contributed by atoms with Crippen LogP contribution in [-0.2, 0) is 0 Å². The quantitative estimate of drug-likeness (QED) is 0.801. The van der Waals surface area contributed by atoms with Crippen LogP contribution < -0.4 is 10.6 Å². The van der Waals surface area contributed by atoms with E-state index in [9.17, 15) is 9.59 Å². The summed E-state index contributed by atoms with van der Waals surface area (Å²) in [4.78, 5) is 23.5. The van der Waals surface area contributed by atoms with Gasteiger partial charge in [-0.15, -0.1) is 0 Å². The zero-order valence-corrected chi connectivity index (χ0v) is 13.4. The van der Waals surface area contributed by atoms with E-state index < -0.39 is 11.9 Å². The van der Waals surface area contributed by atoms with E-state index in [0.29, 0.717) is 5.69 Å². The molecule has 0 bridgehead atoms. The largest absolute Gasteiger partial charge is 0.478 e. The van der Waals surface area contributed by atoms with E-state index in [0.717, 1.165) is 5.69 Å². The second kappa shape index (κ2) is 6.52. The minimum atomic E-state index is -1.13. The van der Waals surface area contributed by atoms with Gasteiger partial charge in [0.2, 0.25) is 0 Å². The van der Waals surface area contributed by atoms with Crippen molar-refractivity contribution in [2.45, 2.75) is 26.3 Å². The number of anilines is 2. The van der Waals surface area contributed by atoms with Crippen molar-refractivity contribution in [1.82, 2.24) is 0 Å². The van der Waals surface area contributed by atoms with Gasteiger partial charge >= 0.3 is 5.97 Å². The molecule has 5 heteroatoms. The van der Waals surface area contributed by atoms with Gasteiger partial charge in [-0.2, -0.15) is 0 Å². The third-order valence-electron chi connectivity index (χ3n) is 3.04. The van der Waals surface area contributed by atoms with Gasteiger partial charge < -0.3 is 15.7 Å². The van der Waals surface area contributed by atoms with Crippen LogP contribution in [0.15, 0.2) is 48.5 Å². The lowest BCUT2D eigenvalue weighted by molar-refractivity contribution is 0.0692. The predicted molar refractivity (Wildman–Crippen MR) is 91.2 cm³/mol. The van der Waals surface area contributed by atoms with E-state index in [1.54, 1.807) is 18.2 Å². The summed E-state index contributed by atoms with van der Waals surface area (Å²) in [5.41, 5.74) is 1.49. The van der Waals surface area contributed by atoms with Crippen molar-refractivity contribution < 1.29 is 14.7 Å². The highest BCUT2D eigenvalue weighted by molar-refractivity contribution is 6.10. The molecule has 0 atom stereocenters. The Kier molecular flexibility index (Phi) is 4.69. The number of hydrogen-bond donors (Lipinski definition) is 3. The standard InChI is InChI=1S/C18H20N2O3/c1-18(2,3)20-13-8-6-7-12(11-13)19-16(21)14-9-4-5-10-15(14)17(22)23/h4-11,20H,1-3H3,(H,19,21)(H,22,23). The number of aromatic carboxylic acids is 1. The van der Waals surface area contributed by atoms with Gasteiger partial charge in [0.15, 0.2) is 0 Å². The van der Waals surface area contributed by atoms with Gasteiger partial charge in [-0.1, -0.05) is 18.2 Å². The summed E-state index contributed by atoms with van der Waals surface area (Å²) in [6, 6.07) is 13.4. The molecule has 0 aliphatic heterocycles. The lowest BCUT2D eigenvalue weighted by Gasteiger charge is -2.22.